The second kappa shape index (κ2) is 7.97. The molecule has 0 saturated heterocycles. The highest BCUT2D eigenvalue weighted by atomic mass is 35.5. The Morgan fingerprint density at radius 2 is 1.75 bits per heavy atom. The topological polar surface area (TPSA) is 66.4 Å². The first kappa shape index (κ1) is 18.0. The molecule has 0 aliphatic carbocycles. The highest BCUT2D eigenvalue weighted by molar-refractivity contribution is 6.34. The minimum atomic E-state index is -0.940. The van der Waals surface area contributed by atoms with Gasteiger partial charge >= 0.3 is 5.97 Å². The lowest BCUT2D eigenvalue weighted by Crippen LogP contribution is -2.34. The lowest BCUT2D eigenvalue weighted by atomic mass is 9.99. The molecule has 1 unspecified atom stereocenters. The maximum absolute atomic E-state index is 12.3. The standard InChI is InChI=1S/C19H20ClNO3/c1-12-8-16(17(20)9-13(12)2)18(22)21-11-15(19(23)24)10-14-6-4-3-5-7-14/h3-9,15H,10-11H2,1-2H3,(H,21,22)(H,23,24). The van der Waals surface area contributed by atoms with Crippen LogP contribution in [0.3, 0.4) is 0 Å². The summed E-state index contributed by atoms with van der Waals surface area (Å²) in [5.74, 6) is -1.99. The van der Waals surface area contributed by atoms with E-state index in [0.717, 1.165) is 16.7 Å². The Balaban J connectivity index is 2.05. The maximum atomic E-state index is 12.3. The fraction of sp³-hybridized carbons (Fsp3) is 0.263. The molecule has 4 nitrogen and oxygen atoms in total. The summed E-state index contributed by atoms with van der Waals surface area (Å²) < 4.78 is 0. The first-order chi connectivity index (χ1) is 11.4. The van der Waals surface area contributed by atoms with Gasteiger partial charge in [-0.2, -0.15) is 0 Å². The summed E-state index contributed by atoms with van der Waals surface area (Å²) in [7, 11) is 0. The third-order valence-electron chi connectivity index (χ3n) is 4.01. The number of hydrogen-bond donors (Lipinski definition) is 2. The molecule has 126 valence electrons. The van der Waals surface area contributed by atoms with Crippen molar-refractivity contribution in [3.8, 4) is 0 Å². The van der Waals surface area contributed by atoms with E-state index >= 15 is 0 Å². The quantitative estimate of drug-likeness (QED) is 0.840. The average Bonchev–Trinajstić information content (AvgIpc) is 2.55. The summed E-state index contributed by atoms with van der Waals surface area (Å²) in [6, 6.07) is 12.8. The molecule has 2 N–H and O–H groups in total. The van der Waals surface area contributed by atoms with Crippen LogP contribution in [0.2, 0.25) is 5.02 Å². The zero-order valence-corrected chi connectivity index (χ0v) is 14.4. The van der Waals surface area contributed by atoms with E-state index in [4.69, 9.17) is 11.6 Å². The number of hydrogen-bond acceptors (Lipinski definition) is 2. The van der Waals surface area contributed by atoms with Gasteiger partial charge in [0.1, 0.15) is 0 Å². The summed E-state index contributed by atoms with van der Waals surface area (Å²) in [6.07, 6.45) is 0.358. The van der Waals surface area contributed by atoms with E-state index in [1.54, 1.807) is 12.1 Å². The molecule has 0 radical (unpaired) electrons. The monoisotopic (exact) mass is 345 g/mol. The molecular weight excluding hydrogens is 326 g/mol. The van der Waals surface area contributed by atoms with Crippen LogP contribution in [-0.2, 0) is 11.2 Å². The lowest BCUT2D eigenvalue weighted by molar-refractivity contribution is -0.141. The zero-order chi connectivity index (χ0) is 17.7. The number of benzene rings is 2. The summed E-state index contributed by atoms with van der Waals surface area (Å²) in [6.45, 7) is 3.87. The molecule has 0 aliphatic rings. The molecule has 1 atom stereocenters. The number of carboxylic acid groups (broad SMARTS) is 1. The highest BCUT2D eigenvalue weighted by Crippen LogP contribution is 2.21. The SMILES string of the molecule is Cc1cc(Cl)c(C(=O)NCC(Cc2ccccc2)C(=O)O)cc1C. The van der Waals surface area contributed by atoms with E-state index in [0.29, 0.717) is 17.0 Å². The predicted octanol–water partition coefficient (Wildman–Crippen LogP) is 3.63. The predicted molar refractivity (Wildman–Crippen MR) is 94.5 cm³/mol. The van der Waals surface area contributed by atoms with Gasteiger partial charge in [-0.05, 0) is 49.1 Å². The molecule has 0 saturated carbocycles. The third-order valence-corrected chi connectivity index (χ3v) is 4.32. The largest absolute Gasteiger partial charge is 0.481 e. The van der Waals surface area contributed by atoms with Gasteiger partial charge in [-0.25, -0.2) is 0 Å². The summed E-state index contributed by atoms with van der Waals surface area (Å²) >= 11 is 6.13. The number of carboxylic acids is 1. The Labute approximate surface area is 146 Å². The Hall–Kier alpha value is -2.33. The zero-order valence-electron chi connectivity index (χ0n) is 13.7. The van der Waals surface area contributed by atoms with Crippen molar-refractivity contribution in [3.63, 3.8) is 0 Å². The molecular formula is C19H20ClNO3. The van der Waals surface area contributed by atoms with Crippen molar-refractivity contribution < 1.29 is 14.7 Å². The first-order valence-corrected chi connectivity index (χ1v) is 8.08. The van der Waals surface area contributed by atoms with E-state index in [1.807, 2.05) is 44.2 Å². The molecule has 0 aliphatic heterocycles. The molecule has 2 aromatic carbocycles. The Morgan fingerprint density at radius 1 is 1.12 bits per heavy atom. The van der Waals surface area contributed by atoms with E-state index in [1.165, 1.54) is 0 Å². The summed E-state index contributed by atoms with van der Waals surface area (Å²) in [4.78, 5) is 23.8. The average molecular weight is 346 g/mol. The molecule has 0 heterocycles. The number of amides is 1. The van der Waals surface area contributed by atoms with Gasteiger partial charge in [-0.15, -0.1) is 0 Å². The van der Waals surface area contributed by atoms with Crippen LogP contribution in [0.25, 0.3) is 0 Å². The van der Waals surface area contributed by atoms with Crippen molar-refractivity contribution in [1.29, 1.82) is 0 Å². The molecule has 0 bridgehead atoms. The number of carbonyl (C=O) groups is 2. The van der Waals surface area contributed by atoms with E-state index in [-0.39, 0.29) is 12.5 Å². The fourth-order valence-corrected chi connectivity index (χ4v) is 2.72. The van der Waals surface area contributed by atoms with Gasteiger partial charge in [0.15, 0.2) is 0 Å². The smallest absolute Gasteiger partial charge is 0.308 e. The number of nitrogens with one attached hydrogen (secondary N) is 1. The van der Waals surface area contributed by atoms with Crippen LogP contribution in [0.5, 0.6) is 0 Å². The van der Waals surface area contributed by atoms with Crippen molar-refractivity contribution in [3.05, 3.63) is 69.7 Å². The Bertz CT molecular complexity index is 744. The number of carbonyl (C=O) groups excluding carboxylic acids is 1. The normalized spacial score (nSPS) is 11.8. The van der Waals surface area contributed by atoms with Gasteiger partial charge in [0.2, 0.25) is 0 Å². The molecule has 24 heavy (non-hydrogen) atoms. The number of aliphatic carboxylic acids is 1. The van der Waals surface area contributed by atoms with Crippen molar-refractivity contribution in [2.45, 2.75) is 20.3 Å². The van der Waals surface area contributed by atoms with Crippen molar-refractivity contribution in [2.24, 2.45) is 5.92 Å². The van der Waals surface area contributed by atoms with Gasteiger partial charge in [-0.1, -0.05) is 41.9 Å². The lowest BCUT2D eigenvalue weighted by Gasteiger charge is -2.14. The van der Waals surface area contributed by atoms with E-state index in [2.05, 4.69) is 5.32 Å². The first-order valence-electron chi connectivity index (χ1n) is 7.70. The fourth-order valence-electron chi connectivity index (χ4n) is 2.41. The van der Waals surface area contributed by atoms with Crippen LogP contribution in [0.15, 0.2) is 42.5 Å². The number of aryl methyl sites for hydroxylation is 2. The molecule has 2 aromatic rings. The van der Waals surface area contributed by atoms with Crippen molar-refractivity contribution in [2.75, 3.05) is 6.54 Å². The van der Waals surface area contributed by atoms with Gasteiger partial charge in [0.05, 0.1) is 16.5 Å². The molecule has 1 amide bonds. The van der Waals surface area contributed by atoms with Gasteiger partial charge < -0.3 is 10.4 Å². The maximum Gasteiger partial charge on any atom is 0.308 e. The molecule has 0 aromatic heterocycles. The van der Waals surface area contributed by atoms with Crippen LogP contribution >= 0.6 is 11.6 Å². The van der Waals surface area contributed by atoms with Gasteiger partial charge in [0.25, 0.3) is 5.91 Å². The third kappa shape index (κ3) is 4.59. The second-order valence-corrected chi connectivity index (χ2v) is 6.26. The number of rotatable bonds is 6. The van der Waals surface area contributed by atoms with E-state index < -0.39 is 11.9 Å². The summed E-state index contributed by atoms with van der Waals surface area (Å²) in [5.41, 5.74) is 3.25. The highest BCUT2D eigenvalue weighted by Gasteiger charge is 2.20. The van der Waals surface area contributed by atoms with Gasteiger partial charge in [-0.3, -0.25) is 9.59 Å². The summed E-state index contributed by atoms with van der Waals surface area (Å²) in [5, 5.41) is 12.4. The van der Waals surface area contributed by atoms with Crippen LogP contribution in [0, 0.1) is 19.8 Å². The van der Waals surface area contributed by atoms with Crippen LogP contribution in [0.4, 0.5) is 0 Å². The minimum absolute atomic E-state index is 0.0479. The van der Waals surface area contributed by atoms with E-state index in [9.17, 15) is 14.7 Å². The van der Waals surface area contributed by atoms with Crippen molar-refractivity contribution >= 4 is 23.5 Å². The van der Waals surface area contributed by atoms with Crippen LogP contribution in [0.1, 0.15) is 27.0 Å². The molecule has 2 rings (SSSR count). The molecule has 0 fully saturated rings. The van der Waals surface area contributed by atoms with Crippen LogP contribution < -0.4 is 5.32 Å². The second-order valence-electron chi connectivity index (χ2n) is 5.85. The minimum Gasteiger partial charge on any atom is -0.481 e. The molecule has 0 spiro atoms. The van der Waals surface area contributed by atoms with Crippen LogP contribution in [-0.4, -0.2) is 23.5 Å². The number of halogens is 1. The molecule has 5 heteroatoms. The Kier molecular flexibility index (Phi) is 5.99. The van der Waals surface area contributed by atoms with Gasteiger partial charge in [0, 0.05) is 6.54 Å². The Morgan fingerprint density at radius 3 is 2.38 bits per heavy atom. The van der Waals surface area contributed by atoms with Crippen molar-refractivity contribution in [1.82, 2.24) is 5.32 Å².